The number of aliphatic hydroxyl groups excluding tert-OH is 1. The topological polar surface area (TPSA) is 119 Å². The van der Waals surface area contributed by atoms with Crippen LogP contribution in [0.3, 0.4) is 0 Å². The summed E-state index contributed by atoms with van der Waals surface area (Å²) in [6, 6.07) is 12.9. The number of anilines is 1. The first-order chi connectivity index (χ1) is 20.6. The fourth-order valence-electron chi connectivity index (χ4n) is 6.45. The van der Waals surface area contributed by atoms with Gasteiger partial charge in [-0.15, -0.1) is 0 Å². The zero-order chi connectivity index (χ0) is 30.9. The number of amides is 2. The lowest BCUT2D eigenvalue weighted by Crippen LogP contribution is -2.52. The van der Waals surface area contributed by atoms with Crippen LogP contribution in [0.15, 0.2) is 59.0 Å². The lowest BCUT2D eigenvalue weighted by atomic mass is 9.82. The van der Waals surface area contributed by atoms with Crippen LogP contribution in [0.4, 0.5) is 5.69 Å². The number of carbonyl (C=O) groups is 3. The molecule has 5 rings (SSSR count). The fourth-order valence-corrected chi connectivity index (χ4v) is 8.02. The SMILES string of the molecule is CCCCN1C(=O)C2(/C(=C(/O)c3cccc(S(=O)(=O)N4CCCCC4)c3)C(=O)C(=O)N2CCCN(C)C)c2ccccc21. The Morgan fingerprint density at radius 2 is 1.67 bits per heavy atom. The Hall–Kier alpha value is -3.54. The zero-order valence-corrected chi connectivity index (χ0v) is 25.9. The Morgan fingerprint density at radius 3 is 2.37 bits per heavy atom. The Kier molecular flexibility index (Phi) is 8.78. The zero-order valence-electron chi connectivity index (χ0n) is 25.1. The summed E-state index contributed by atoms with van der Waals surface area (Å²) in [4.78, 5) is 47.1. The maximum atomic E-state index is 14.6. The molecule has 2 saturated heterocycles. The number of piperidine rings is 1. The van der Waals surface area contributed by atoms with Crippen molar-refractivity contribution in [2.24, 2.45) is 0 Å². The number of benzene rings is 2. The first kappa shape index (κ1) is 30.9. The second-order valence-corrected chi connectivity index (χ2v) is 13.6. The van der Waals surface area contributed by atoms with Crippen molar-refractivity contribution in [1.29, 1.82) is 0 Å². The highest BCUT2D eigenvalue weighted by Gasteiger charge is 2.66. The molecule has 1 unspecified atom stereocenters. The third-order valence-corrected chi connectivity index (χ3v) is 10.5. The molecule has 3 heterocycles. The molecule has 3 aliphatic rings. The van der Waals surface area contributed by atoms with E-state index in [9.17, 15) is 27.9 Å². The van der Waals surface area contributed by atoms with Crippen LogP contribution >= 0.6 is 0 Å². The van der Waals surface area contributed by atoms with Gasteiger partial charge in [-0.05, 0) is 64.5 Å². The molecule has 1 N–H and O–H groups in total. The molecule has 0 radical (unpaired) electrons. The number of aliphatic hydroxyl groups is 1. The van der Waals surface area contributed by atoms with E-state index in [0.717, 1.165) is 25.7 Å². The van der Waals surface area contributed by atoms with E-state index in [1.807, 2.05) is 25.9 Å². The molecule has 2 amide bonds. The Bertz CT molecular complexity index is 1560. The summed E-state index contributed by atoms with van der Waals surface area (Å²) in [7, 11) is -0.0451. The number of carbonyl (C=O) groups excluding carboxylic acids is 3. The minimum atomic E-state index is -3.85. The van der Waals surface area contributed by atoms with Crippen LogP contribution in [0, 0.1) is 0 Å². The number of sulfonamides is 1. The van der Waals surface area contributed by atoms with Gasteiger partial charge < -0.3 is 19.8 Å². The molecule has 230 valence electrons. The van der Waals surface area contributed by atoms with E-state index in [1.54, 1.807) is 29.2 Å². The van der Waals surface area contributed by atoms with Gasteiger partial charge in [0.25, 0.3) is 17.6 Å². The summed E-state index contributed by atoms with van der Waals surface area (Å²) >= 11 is 0. The van der Waals surface area contributed by atoms with E-state index >= 15 is 0 Å². The van der Waals surface area contributed by atoms with Crippen LogP contribution < -0.4 is 4.90 Å². The van der Waals surface area contributed by atoms with Crippen LogP contribution in [0.1, 0.15) is 56.6 Å². The standard InChI is InChI=1S/C32H40N4O6S/c1-4-5-20-35-26-16-8-7-15-25(26)32(31(35)40)27(29(38)30(39)36(32)21-12-17-33(2)3)28(37)23-13-11-14-24(22-23)43(41,42)34-18-9-6-10-19-34/h7-8,11,13-16,22,37H,4-6,9-10,12,17-21H2,1-3H3/b28-27+. The van der Waals surface area contributed by atoms with Crippen LogP contribution in [0.2, 0.25) is 0 Å². The van der Waals surface area contributed by atoms with E-state index in [4.69, 9.17) is 0 Å². The van der Waals surface area contributed by atoms with Crippen molar-refractivity contribution in [3.63, 3.8) is 0 Å². The van der Waals surface area contributed by atoms with Gasteiger partial charge in [0.15, 0.2) is 5.54 Å². The molecular weight excluding hydrogens is 568 g/mol. The summed E-state index contributed by atoms with van der Waals surface area (Å²) in [5.74, 6) is -2.86. The molecule has 10 nitrogen and oxygen atoms in total. The predicted octanol–water partition coefficient (Wildman–Crippen LogP) is 3.54. The summed E-state index contributed by atoms with van der Waals surface area (Å²) < 4.78 is 28.4. The molecule has 2 fully saturated rings. The quantitative estimate of drug-likeness (QED) is 0.249. The second-order valence-electron chi connectivity index (χ2n) is 11.7. The van der Waals surface area contributed by atoms with E-state index in [-0.39, 0.29) is 22.6 Å². The number of nitrogens with zero attached hydrogens (tertiary/aromatic N) is 4. The maximum Gasteiger partial charge on any atom is 0.296 e. The number of para-hydroxylation sites is 1. The number of rotatable bonds is 10. The molecular formula is C32H40N4O6S. The summed E-state index contributed by atoms with van der Waals surface area (Å²) in [5.41, 5.74) is -1.09. The van der Waals surface area contributed by atoms with Crippen LogP contribution in [-0.2, 0) is 29.9 Å². The van der Waals surface area contributed by atoms with Crippen LogP contribution in [0.5, 0.6) is 0 Å². The van der Waals surface area contributed by atoms with E-state index in [0.29, 0.717) is 50.3 Å². The maximum absolute atomic E-state index is 14.6. The van der Waals surface area contributed by atoms with Gasteiger partial charge in [0.2, 0.25) is 10.0 Å². The molecule has 0 aromatic heterocycles. The molecule has 2 aromatic carbocycles. The Labute approximate surface area is 253 Å². The first-order valence-electron chi connectivity index (χ1n) is 15.0. The highest BCUT2D eigenvalue weighted by atomic mass is 32.2. The minimum Gasteiger partial charge on any atom is -0.507 e. The van der Waals surface area contributed by atoms with Crippen molar-refractivity contribution in [3.8, 4) is 0 Å². The van der Waals surface area contributed by atoms with Gasteiger partial charge in [0, 0.05) is 37.3 Å². The Balaban J connectivity index is 1.70. The van der Waals surface area contributed by atoms with Gasteiger partial charge in [-0.2, -0.15) is 4.31 Å². The van der Waals surface area contributed by atoms with E-state index in [2.05, 4.69) is 0 Å². The molecule has 0 aliphatic carbocycles. The lowest BCUT2D eigenvalue weighted by molar-refractivity contribution is -0.143. The van der Waals surface area contributed by atoms with Gasteiger partial charge in [-0.3, -0.25) is 14.4 Å². The smallest absolute Gasteiger partial charge is 0.296 e. The number of ketones is 1. The van der Waals surface area contributed by atoms with Crippen molar-refractivity contribution in [2.75, 3.05) is 51.7 Å². The third kappa shape index (κ3) is 5.17. The predicted molar refractivity (Wildman–Crippen MR) is 164 cm³/mol. The summed E-state index contributed by atoms with van der Waals surface area (Å²) in [6.45, 7) is 3.96. The van der Waals surface area contributed by atoms with Crippen molar-refractivity contribution in [3.05, 3.63) is 65.2 Å². The molecule has 3 aliphatic heterocycles. The van der Waals surface area contributed by atoms with Crippen molar-refractivity contribution in [2.45, 2.75) is 55.9 Å². The normalized spacial score (nSPS) is 22.3. The molecule has 11 heteroatoms. The van der Waals surface area contributed by atoms with Crippen molar-refractivity contribution in [1.82, 2.24) is 14.1 Å². The molecule has 0 bridgehead atoms. The molecule has 0 saturated carbocycles. The molecule has 43 heavy (non-hydrogen) atoms. The monoisotopic (exact) mass is 608 g/mol. The molecule has 1 atom stereocenters. The first-order valence-corrected chi connectivity index (χ1v) is 16.5. The van der Waals surface area contributed by atoms with Gasteiger partial charge >= 0.3 is 0 Å². The fraction of sp³-hybridized carbons (Fsp3) is 0.469. The molecule has 2 aromatic rings. The third-order valence-electron chi connectivity index (χ3n) is 8.59. The second kappa shape index (κ2) is 12.2. The van der Waals surface area contributed by atoms with Gasteiger partial charge in [-0.1, -0.05) is 50.1 Å². The molecule has 1 spiro atoms. The summed E-state index contributed by atoms with van der Waals surface area (Å²) in [5, 5.41) is 11.9. The van der Waals surface area contributed by atoms with E-state index < -0.39 is 38.9 Å². The number of hydrogen-bond donors (Lipinski definition) is 1. The van der Waals surface area contributed by atoms with Gasteiger partial charge in [0.1, 0.15) is 5.76 Å². The Morgan fingerprint density at radius 1 is 0.953 bits per heavy atom. The van der Waals surface area contributed by atoms with Crippen LogP contribution in [-0.4, -0.2) is 92.0 Å². The summed E-state index contributed by atoms with van der Waals surface area (Å²) in [6.07, 6.45) is 4.54. The lowest BCUT2D eigenvalue weighted by Gasteiger charge is -2.35. The van der Waals surface area contributed by atoms with Crippen molar-refractivity contribution >= 4 is 39.1 Å². The highest BCUT2D eigenvalue weighted by Crippen LogP contribution is 2.53. The highest BCUT2D eigenvalue weighted by molar-refractivity contribution is 7.89. The number of unbranched alkanes of at least 4 members (excludes halogenated alkanes) is 1. The minimum absolute atomic E-state index is 0.0181. The number of likely N-dealkylation sites (tertiary alicyclic amines) is 1. The average molecular weight is 609 g/mol. The average Bonchev–Trinajstić information content (AvgIpc) is 3.38. The largest absolute Gasteiger partial charge is 0.507 e. The van der Waals surface area contributed by atoms with Crippen molar-refractivity contribution < 1.29 is 27.9 Å². The van der Waals surface area contributed by atoms with E-state index in [1.165, 1.54) is 33.5 Å². The number of fused-ring (bicyclic) bond motifs is 2. The number of Topliss-reactive ketones (excluding diaryl/α,β-unsaturated/α-hetero) is 1. The number of hydrogen-bond acceptors (Lipinski definition) is 7. The van der Waals surface area contributed by atoms with Crippen LogP contribution in [0.25, 0.3) is 5.76 Å². The van der Waals surface area contributed by atoms with Gasteiger partial charge in [0.05, 0.1) is 16.2 Å². The van der Waals surface area contributed by atoms with Gasteiger partial charge in [-0.25, -0.2) is 8.42 Å².